The monoisotopic (exact) mass is 485 g/mol. The van der Waals surface area contributed by atoms with E-state index in [0.29, 0.717) is 12.0 Å². The standard InChI is InChI=1S/C21H35N5.HI/c1-3-22-21(23-15-18(2)16-25-12-7-8-13-25)24-19-11-14-26(17-19)20-9-5-4-6-10-20;/h4-6,9-10,18-19H,3,7-8,11-17H2,1-2H3,(H2,22,23,24);1H. The third-order valence-corrected chi connectivity index (χ3v) is 5.32. The molecule has 2 fully saturated rings. The van der Waals surface area contributed by atoms with E-state index < -0.39 is 0 Å². The summed E-state index contributed by atoms with van der Waals surface area (Å²) >= 11 is 0. The molecule has 2 unspecified atom stereocenters. The van der Waals surface area contributed by atoms with Crippen molar-refractivity contribution in [3.63, 3.8) is 0 Å². The van der Waals surface area contributed by atoms with Crippen LogP contribution in [0, 0.1) is 5.92 Å². The highest BCUT2D eigenvalue weighted by Crippen LogP contribution is 2.19. The molecule has 0 aliphatic carbocycles. The van der Waals surface area contributed by atoms with Gasteiger partial charge in [-0.2, -0.15) is 0 Å². The normalized spacial score (nSPS) is 21.8. The zero-order valence-electron chi connectivity index (χ0n) is 16.9. The predicted octanol–water partition coefficient (Wildman–Crippen LogP) is 3.17. The van der Waals surface area contributed by atoms with Crippen molar-refractivity contribution in [2.24, 2.45) is 10.9 Å². The van der Waals surface area contributed by atoms with Gasteiger partial charge in [0.25, 0.3) is 0 Å². The molecule has 1 aromatic rings. The zero-order valence-corrected chi connectivity index (χ0v) is 19.2. The lowest BCUT2D eigenvalue weighted by atomic mass is 10.2. The maximum absolute atomic E-state index is 4.87. The fraction of sp³-hybridized carbons (Fsp3) is 0.667. The number of para-hydroxylation sites is 1. The average molecular weight is 485 g/mol. The zero-order chi connectivity index (χ0) is 18.2. The van der Waals surface area contributed by atoms with Crippen molar-refractivity contribution in [2.45, 2.75) is 39.2 Å². The highest BCUT2D eigenvalue weighted by atomic mass is 127. The number of anilines is 1. The number of hydrogen-bond donors (Lipinski definition) is 2. The van der Waals surface area contributed by atoms with Crippen molar-refractivity contribution >= 4 is 35.6 Å². The molecule has 2 atom stereocenters. The van der Waals surface area contributed by atoms with E-state index >= 15 is 0 Å². The molecule has 2 saturated heterocycles. The van der Waals surface area contributed by atoms with E-state index in [1.807, 2.05) is 0 Å². The molecular weight excluding hydrogens is 449 g/mol. The summed E-state index contributed by atoms with van der Waals surface area (Å²) in [5.74, 6) is 1.58. The van der Waals surface area contributed by atoms with Gasteiger partial charge in [-0.1, -0.05) is 25.1 Å². The number of halogens is 1. The topological polar surface area (TPSA) is 42.9 Å². The predicted molar refractivity (Wildman–Crippen MR) is 126 cm³/mol. The molecule has 5 nitrogen and oxygen atoms in total. The Labute approximate surface area is 182 Å². The highest BCUT2D eigenvalue weighted by molar-refractivity contribution is 14.0. The van der Waals surface area contributed by atoms with E-state index in [1.165, 1.54) is 38.2 Å². The van der Waals surface area contributed by atoms with Crippen molar-refractivity contribution in [3.05, 3.63) is 30.3 Å². The molecule has 2 N–H and O–H groups in total. The molecule has 0 radical (unpaired) electrons. The summed E-state index contributed by atoms with van der Waals surface area (Å²) in [5.41, 5.74) is 1.32. The third-order valence-electron chi connectivity index (χ3n) is 5.32. The summed E-state index contributed by atoms with van der Waals surface area (Å²) in [7, 11) is 0. The van der Waals surface area contributed by atoms with Gasteiger partial charge >= 0.3 is 0 Å². The number of benzene rings is 1. The lowest BCUT2D eigenvalue weighted by Crippen LogP contribution is -2.45. The molecule has 0 spiro atoms. The number of aliphatic imine (C=N–C) groups is 1. The van der Waals surface area contributed by atoms with Gasteiger partial charge in [-0.05, 0) is 57.3 Å². The van der Waals surface area contributed by atoms with Crippen molar-refractivity contribution in [2.75, 3.05) is 50.7 Å². The molecule has 2 aliphatic rings. The molecule has 2 heterocycles. The first kappa shape index (κ1) is 22.3. The minimum Gasteiger partial charge on any atom is -0.369 e. The van der Waals surface area contributed by atoms with Crippen molar-refractivity contribution in [1.29, 1.82) is 0 Å². The Kier molecular flexibility index (Phi) is 9.68. The Morgan fingerprint density at radius 3 is 2.63 bits per heavy atom. The molecular formula is C21H36IN5. The fourth-order valence-corrected chi connectivity index (χ4v) is 3.98. The minimum atomic E-state index is 0. The summed E-state index contributed by atoms with van der Waals surface area (Å²) in [6, 6.07) is 11.2. The summed E-state index contributed by atoms with van der Waals surface area (Å²) in [6.07, 6.45) is 3.88. The van der Waals surface area contributed by atoms with E-state index in [1.54, 1.807) is 0 Å². The number of nitrogens with one attached hydrogen (secondary N) is 2. The molecule has 152 valence electrons. The van der Waals surface area contributed by atoms with Crippen molar-refractivity contribution in [3.8, 4) is 0 Å². The molecule has 27 heavy (non-hydrogen) atoms. The van der Waals surface area contributed by atoms with Crippen LogP contribution in [0.1, 0.15) is 33.1 Å². The van der Waals surface area contributed by atoms with Gasteiger partial charge in [0.2, 0.25) is 0 Å². The number of rotatable bonds is 7. The van der Waals surface area contributed by atoms with Crippen molar-refractivity contribution < 1.29 is 0 Å². The first-order valence-corrected chi connectivity index (χ1v) is 10.3. The van der Waals surface area contributed by atoms with Gasteiger partial charge in [0, 0.05) is 44.5 Å². The van der Waals surface area contributed by atoms with Gasteiger partial charge in [-0.25, -0.2) is 0 Å². The largest absolute Gasteiger partial charge is 0.369 e. The number of guanidine groups is 1. The Balaban J connectivity index is 0.00000261. The van der Waals surface area contributed by atoms with E-state index in [2.05, 4.69) is 64.6 Å². The molecule has 0 aromatic heterocycles. The number of likely N-dealkylation sites (tertiary alicyclic amines) is 1. The van der Waals surface area contributed by atoms with Gasteiger partial charge in [0.05, 0.1) is 0 Å². The molecule has 0 saturated carbocycles. The molecule has 6 heteroatoms. The Bertz CT molecular complexity index is 559. The quantitative estimate of drug-likeness (QED) is 0.354. The Morgan fingerprint density at radius 1 is 1.19 bits per heavy atom. The van der Waals surface area contributed by atoms with Gasteiger partial charge in [-0.3, -0.25) is 4.99 Å². The van der Waals surface area contributed by atoms with E-state index in [-0.39, 0.29) is 24.0 Å². The second kappa shape index (κ2) is 11.7. The summed E-state index contributed by atoms with van der Waals surface area (Å²) in [6.45, 7) is 12.1. The molecule has 0 bridgehead atoms. The Hall–Kier alpha value is -1.02. The first-order chi connectivity index (χ1) is 12.7. The van der Waals surface area contributed by atoms with E-state index in [9.17, 15) is 0 Å². The maximum atomic E-state index is 4.87. The van der Waals surface area contributed by atoms with Crippen LogP contribution in [0.4, 0.5) is 5.69 Å². The second-order valence-corrected chi connectivity index (χ2v) is 7.74. The van der Waals surface area contributed by atoms with Gasteiger partial charge in [0.15, 0.2) is 5.96 Å². The lowest BCUT2D eigenvalue weighted by molar-refractivity contribution is 0.291. The Morgan fingerprint density at radius 2 is 1.93 bits per heavy atom. The average Bonchev–Trinajstić information content (AvgIpc) is 3.33. The van der Waals surface area contributed by atoms with Crippen LogP contribution in [0.3, 0.4) is 0 Å². The smallest absolute Gasteiger partial charge is 0.191 e. The van der Waals surface area contributed by atoms with Crippen LogP contribution in [0.5, 0.6) is 0 Å². The van der Waals surface area contributed by atoms with Crippen LogP contribution in [0.15, 0.2) is 35.3 Å². The fourth-order valence-electron chi connectivity index (χ4n) is 3.98. The minimum absolute atomic E-state index is 0. The number of hydrogen-bond acceptors (Lipinski definition) is 3. The van der Waals surface area contributed by atoms with Gasteiger partial charge < -0.3 is 20.4 Å². The molecule has 2 aliphatic heterocycles. The van der Waals surface area contributed by atoms with Crippen LogP contribution >= 0.6 is 24.0 Å². The first-order valence-electron chi connectivity index (χ1n) is 10.3. The third kappa shape index (κ3) is 7.14. The number of nitrogens with zero attached hydrogens (tertiary/aromatic N) is 3. The lowest BCUT2D eigenvalue weighted by Gasteiger charge is -2.21. The van der Waals surface area contributed by atoms with Crippen LogP contribution < -0.4 is 15.5 Å². The second-order valence-electron chi connectivity index (χ2n) is 7.74. The van der Waals surface area contributed by atoms with E-state index in [4.69, 9.17) is 4.99 Å². The van der Waals surface area contributed by atoms with Crippen LogP contribution in [-0.4, -0.2) is 62.7 Å². The van der Waals surface area contributed by atoms with Gasteiger partial charge in [-0.15, -0.1) is 24.0 Å². The van der Waals surface area contributed by atoms with Crippen LogP contribution in [-0.2, 0) is 0 Å². The molecule has 3 rings (SSSR count). The van der Waals surface area contributed by atoms with Crippen molar-refractivity contribution in [1.82, 2.24) is 15.5 Å². The van der Waals surface area contributed by atoms with Gasteiger partial charge in [0.1, 0.15) is 0 Å². The van der Waals surface area contributed by atoms with E-state index in [0.717, 1.165) is 38.6 Å². The summed E-state index contributed by atoms with van der Waals surface area (Å²) < 4.78 is 0. The highest BCUT2D eigenvalue weighted by Gasteiger charge is 2.23. The summed E-state index contributed by atoms with van der Waals surface area (Å²) in [5, 5.41) is 7.07. The summed E-state index contributed by atoms with van der Waals surface area (Å²) in [4.78, 5) is 9.90. The SMILES string of the molecule is CCNC(=NCC(C)CN1CCCC1)NC1CCN(c2ccccc2)C1.I. The molecule has 0 amide bonds. The van der Waals surface area contributed by atoms with Crippen LogP contribution in [0.25, 0.3) is 0 Å². The van der Waals surface area contributed by atoms with Crippen LogP contribution in [0.2, 0.25) is 0 Å². The maximum Gasteiger partial charge on any atom is 0.191 e. The molecule has 1 aromatic carbocycles.